The fraction of sp³-hybridized carbons (Fsp3) is 0.286. The van der Waals surface area contributed by atoms with Crippen LogP contribution in [0.2, 0.25) is 0 Å². The number of piperazine rings is 1. The topological polar surface area (TPSA) is 23.6 Å². The van der Waals surface area contributed by atoms with E-state index >= 15 is 0 Å². The summed E-state index contributed by atoms with van der Waals surface area (Å²) in [4.78, 5) is 16.7. The third kappa shape index (κ3) is 3.67. The van der Waals surface area contributed by atoms with Crippen molar-refractivity contribution in [3.05, 3.63) is 71.3 Å². The molecular formula is C21H24N2O. The smallest absolute Gasteiger partial charge is 0.246 e. The van der Waals surface area contributed by atoms with E-state index in [9.17, 15) is 4.79 Å². The van der Waals surface area contributed by atoms with Crippen LogP contribution in [0.1, 0.15) is 16.7 Å². The number of para-hydroxylation sites is 1. The average Bonchev–Trinajstić information content (AvgIpc) is 2.61. The molecule has 24 heavy (non-hydrogen) atoms. The van der Waals surface area contributed by atoms with E-state index in [0.717, 1.165) is 31.7 Å². The van der Waals surface area contributed by atoms with E-state index in [0.29, 0.717) is 0 Å². The van der Waals surface area contributed by atoms with Gasteiger partial charge in [0.05, 0.1) is 0 Å². The van der Waals surface area contributed by atoms with Crippen LogP contribution in [0.3, 0.4) is 0 Å². The predicted octanol–water partition coefficient (Wildman–Crippen LogP) is 3.67. The van der Waals surface area contributed by atoms with Crippen LogP contribution in [0.4, 0.5) is 5.69 Å². The van der Waals surface area contributed by atoms with Gasteiger partial charge < -0.3 is 9.80 Å². The second-order valence-corrected chi connectivity index (χ2v) is 6.29. The van der Waals surface area contributed by atoms with Crippen molar-refractivity contribution in [1.29, 1.82) is 0 Å². The summed E-state index contributed by atoms with van der Waals surface area (Å²) in [5.41, 5.74) is 4.85. The van der Waals surface area contributed by atoms with Gasteiger partial charge in [-0.2, -0.15) is 0 Å². The van der Waals surface area contributed by atoms with Gasteiger partial charge in [-0.05, 0) is 42.7 Å². The van der Waals surface area contributed by atoms with Gasteiger partial charge in [-0.1, -0.05) is 42.5 Å². The molecule has 0 aliphatic carbocycles. The van der Waals surface area contributed by atoms with E-state index in [4.69, 9.17) is 0 Å². The Balaban J connectivity index is 1.59. The molecular weight excluding hydrogens is 296 g/mol. The number of aryl methyl sites for hydroxylation is 2. The zero-order valence-corrected chi connectivity index (χ0v) is 14.4. The molecule has 0 saturated carbocycles. The Labute approximate surface area is 144 Å². The molecule has 1 aliphatic heterocycles. The van der Waals surface area contributed by atoms with Crippen molar-refractivity contribution in [1.82, 2.24) is 4.90 Å². The Kier molecular flexibility index (Phi) is 4.99. The van der Waals surface area contributed by atoms with E-state index in [1.165, 1.54) is 16.8 Å². The molecule has 3 rings (SSSR count). The molecule has 1 amide bonds. The van der Waals surface area contributed by atoms with Gasteiger partial charge in [0.2, 0.25) is 5.91 Å². The van der Waals surface area contributed by atoms with Crippen LogP contribution in [0.15, 0.2) is 54.6 Å². The van der Waals surface area contributed by atoms with Crippen molar-refractivity contribution in [3.63, 3.8) is 0 Å². The van der Waals surface area contributed by atoms with E-state index in [-0.39, 0.29) is 5.91 Å². The summed E-state index contributed by atoms with van der Waals surface area (Å²) in [5, 5.41) is 0. The van der Waals surface area contributed by atoms with Crippen LogP contribution in [0.25, 0.3) is 6.08 Å². The SMILES string of the molecule is Cc1ccccc1/C=C/C(=O)N1CCN(c2ccccc2C)CC1. The Bertz CT molecular complexity index is 743. The number of benzene rings is 2. The predicted molar refractivity (Wildman–Crippen MR) is 100 cm³/mol. The van der Waals surface area contributed by atoms with Crippen molar-refractivity contribution in [2.45, 2.75) is 13.8 Å². The normalized spacial score (nSPS) is 15.1. The monoisotopic (exact) mass is 320 g/mol. The lowest BCUT2D eigenvalue weighted by Crippen LogP contribution is -2.48. The van der Waals surface area contributed by atoms with Crippen LogP contribution in [0, 0.1) is 13.8 Å². The second-order valence-electron chi connectivity index (χ2n) is 6.29. The number of anilines is 1. The maximum atomic E-state index is 12.4. The highest BCUT2D eigenvalue weighted by Gasteiger charge is 2.20. The number of hydrogen-bond acceptors (Lipinski definition) is 2. The Morgan fingerprint density at radius 1 is 0.875 bits per heavy atom. The molecule has 0 unspecified atom stereocenters. The van der Waals surface area contributed by atoms with E-state index in [1.54, 1.807) is 6.08 Å². The maximum absolute atomic E-state index is 12.4. The zero-order valence-electron chi connectivity index (χ0n) is 14.4. The summed E-state index contributed by atoms with van der Waals surface area (Å²) in [6, 6.07) is 16.5. The summed E-state index contributed by atoms with van der Waals surface area (Å²) in [6.45, 7) is 7.50. The first-order chi connectivity index (χ1) is 11.6. The van der Waals surface area contributed by atoms with Crippen molar-refractivity contribution < 1.29 is 4.79 Å². The number of amides is 1. The molecule has 0 atom stereocenters. The molecule has 0 bridgehead atoms. The minimum atomic E-state index is 0.0997. The fourth-order valence-electron chi connectivity index (χ4n) is 3.13. The number of carbonyl (C=O) groups excluding carboxylic acids is 1. The zero-order chi connectivity index (χ0) is 16.9. The summed E-state index contributed by atoms with van der Waals surface area (Å²) in [6.07, 6.45) is 3.62. The first kappa shape index (κ1) is 16.3. The lowest BCUT2D eigenvalue weighted by Gasteiger charge is -2.36. The average molecular weight is 320 g/mol. The first-order valence-electron chi connectivity index (χ1n) is 8.48. The van der Waals surface area contributed by atoms with Crippen LogP contribution in [-0.4, -0.2) is 37.0 Å². The minimum absolute atomic E-state index is 0.0997. The first-order valence-corrected chi connectivity index (χ1v) is 8.48. The molecule has 0 radical (unpaired) electrons. The second kappa shape index (κ2) is 7.35. The highest BCUT2D eigenvalue weighted by atomic mass is 16.2. The van der Waals surface area contributed by atoms with Crippen molar-refractivity contribution in [3.8, 4) is 0 Å². The van der Waals surface area contributed by atoms with Gasteiger partial charge in [0.25, 0.3) is 0 Å². The quantitative estimate of drug-likeness (QED) is 0.806. The number of rotatable bonds is 3. The molecule has 2 aromatic carbocycles. The van der Waals surface area contributed by atoms with Crippen molar-refractivity contribution >= 4 is 17.7 Å². The number of carbonyl (C=O) groups is 1. The molecule has 0 spiro atoms. The third-order valence-electron chi connectivity index (χ3n) is 4.64. The summed E-state index contributed by atoms with van der Waals surface area (Å²) >= 11 is 0. The van der Waals surface area contributed by atoms with Gasteiger partial charge in [-0.3, -0.25) is 4.79 Å². The highest BCUT2D eigenvalue weighted by molar-refractivity contribution is 5.92. The lowest BCUT2D eigenvalue weighted by atomic mass is 10.1. The molecule has 0 N–H and O–H groups in total. The number of nitrogens with zero attached hydrogens (tertiary/aromatic N) is 2. The van der Waals surface area contributed by atoms with Crippen LogP contribution in [0.5, 0.6) is 0 Å². The van der Waals surface area contributed by atoms with E-state index in [2.05, 4.69) is 49.1 Å². The summed E-state index contributed by atoms with van der Waals surface area (Å²) in [5.74, 6) is 0.0997. The van der Waals surface area contributed by atoms with Gasteiger partial charge in [-0.25, -0.2) is 0 Å². The Hall–Kier alpha value is -2.55. The van der Waals surface area contributed by atoms with Crippen LogP contribution in [-0.2, 0) is 4.79 Å². The molecule has 2 aromatic rings. The fourth-order valence-corrected chi connectivity index (χ4v) is 3.13. The van der Waals surface area contributed by atoms with E-state index < -0.39 is 0 Å². The molecule has 1 aliphatic rings. The van der Waals surface area contributed by atoms with Gasteiger partial charge in [0, 0.05) is 37.9 Å². The van der Waals surface area contributed by atoms with Crippen LogP contribution >= 0.6 is 0 Å². The molecule has 1 saturated heterocycles. The number of hydrogen-bond donors (Lipinski definition) is 0. The van der Waals surface area contributed by atoms with Crippen molar-refractivity contribution in [2.24, 2.45) is 0 Å². The molecule has 3 heteroatoms. The minimum Gasteiger partial charge on any atom is -0.368 e. The molecule has 0 aromatic heterocycles. The molecule has 3 nitrogen and oxygen atoms in total. The third-order valence-corrected chi connectivity index (χ3v) is 4.64. The largest absolute Gasteiger partial charge is 0.368 e. The molecule has 1 heterocycles. The summed E-state index contributed by atoms with van der Waals surface area (Å²) < 4.78 is 0. The van der Waals surface area contributed by atoms with Gasteiger partial charge in [0.1, 0.15) is 0 Å². The summed E-state index contributed by atoms with van der Waals surface area (Å²) in [7, 11) is 0. The van der Waals surface area contributed by atoms with Crippen molar-refractivity contribution in [2.75, 3.05) is 31.1 Å². The molecule has 124 valence electrons. The standard InChI is InChI=1S/C21H24N2O/c1-17-7-3-5-9-19(17)11-12-21(24)23-15-13-22(14-16-23)20-10-6-4-8-18(20)2/h3-12H,13-16H2,1-2H3/b12-11+. The van der Waals surface area contributed by atoms with Crippen LogP contribution < -0.4 is 4.90 Å². The van der Waals surface area contributed by atoms with Gasteiger partial charge in [-0.15, -0.1) is 0 Å². The van der Waals surface area contributed by atoms with E-state index in [1.807, 2.05) is 29.2 Å². The van der Waals surface area contributed by atoms with Gasteiger partial charge in [0.15, 0.2) is 0 Å². The Morgan fingerprint density at radius 3 is 2.17 bits per heavy atom. The Morgan fingerprint density at radius 2 is 1.50 bits per heavy atom. The molecule has 1 fully saturated rings. The highest BCUT2D eigenvalue weighted by Crippen LogP contribution is 2.21. The van der Waals surface area contributed by atoms with Gasteiger partial charge >= 0.3 is 0 Å². The maximum Gasteiger partial charge on any atom is 0.246 e. The lowest BCUT2D eigenvalue weighted by molar-refractivity contribution is -0.126.